The minimum atomic E-state index is 0.754. The van der Waals surface area contributed by atoms with Crippen LogP contribution in [-0.2, 0) is 0 Å². The monoisotopic (exact) mass is 238 g/mol. The van der Waals surface area contributed by atoms with E-state index in [0.29, 0.717) is 0 Å². The highest BCUT2D eigenvalue weighted by Gasteiger charge is 2.24. The molecule has 0 aromatic rings. The molecule has 0 bridgehead atoms. The van der Waals surface area contributed by atoms with Crippen molar-refractivity contribution in [2.75, 3.05) is 19.6 Å². The maximum absolute atomic E-state index is 3.72. The van der Waals surface area contributed by atoms with E-state index in [1.54, 1.807) is 0 Å². The smallest absolute Gasteiger partial charge is 0.00953 e. The van der Waals surface area contributed by atoms with E-state index >= 15 is 0 Å². The van der Waals surface area contributed by atoms with Gasteiger partial charge in [0.25, 0.3) is 0 Å². The summed E-state index contributed by atoms with van der Waals surface area (Å²) in [5, 5.41) is 3.72. The van der Waals surface area contributed by atoms with E-state index in [2.05, 4.69) is 24.1 Å². The van der Waals surface area contributed by atoms with Crippen LogP contribution < -0.4 is 5.32 Å². The van der Waals surface area contributed by atoms with E-state index in [0.717, 1.165) is 18.0 Å². The zero-order chi connectivity index (χ0) is 12.1. The maximum atomic E-state index is 3.72. The minimum absolute atomic E-state index is 0.754. The molecular formula is C15H30N2. The van der Waals surface area contributed by atoms with Crippen LogP contribution in [0.15, 0.2) is 0 Å². The average Bonchev–Trinajstić information content (AvgIpc) is 2.35. The normalized spacial score (nSPS) is 34.2. The van der Waals surface area contributed by atoms with Crippen LogP contribution in [-0.4, -0.2) is 36.6 Å². The standard InChI is InChI=1S/C15H30N2/c1-3-14-9-10-17(12-13(2)11-16-14)15-7-5-4-6-8-15/h13-16H,3-12H2,1-2H3. The van der Waals surface area contributed by atoms with Crippen LogP contribution >= 0.6 is 0 Å². The highest BCUT2D eigenvalue weighted by Crippen LogP contribution is 2.24. The van der Waals surface area contributed by atoms with Crippen LogP contribution in [0, 0.1) is 5.92 Å². The van der Waals surface area contributed by atoms with Crippen LogP contribution in [0.2, 0.25) is 0 Å². The molecule has 0 radical (unpaired) electrons. The lowest BCUT2D eigenvalue weighted by atomic mass is 9.92. The summed E-state index contributed by atoms with van der Waals surface area (Å²) in [4.78, 5) is 2.81. The third kappa shape index (κ3) is 3.96. The van der Waals surface area contributed by atoms with Crippen molar-refractivity contribution in [1.82, 2.24) is 10.2 Å². The van der Waals surface area contributed by atoms with Crippen molar-refractivity contribution in [3.63, 3.8) is 0 Å². The molecule has 0 spiro atoms. The van der Waals surface area contributed by atoms with Gasteiger partial charge in [0, 0.05) is 18.6 Å². The lowest BCUT2D eigenvalue weighted by Crippen LogP contribution is -2.47. The first-order valence-electron chi connectivity index (χ1n) is 7.77. The van der Waals surface area contributed by atoms with Gasteiger partial charge in [-0.05, 0) is 44.7 Å². The summed E-state index contributed by atoms with van der Waals surface area (Å²) in [5.74, 6) is 0.811. The highest BCUT2D eigenvalue weighted by atomic mass is 15.2. The fourth-order valence-electron chi connectivity index (χ4n) is 3.47. The molecule has 2 heteroatoms. The average molecular weight is 238 g/mol. The van der Waals surface area contributed by atoms with Crippen LogP contribution in [0.4, 0.5) is 0 Å². The number of hydrogen-bond acceptors (Lipinski definition) is 2. The lowest BCUT2D eigenvalue weighted by molar-refractivity contribution is 0.117. The summed E-state index contributed by atoms with van der Waals surface area (Å²) < 4.78 is 0. The Balaban J connectivity index is 1.89. The molecule has 17 heavy (non-hydrogen) atoms. The quantitative estimate of drug-likeness (QED) is 0.795. The molecule has 0 amide bonds. The molecule has 1 saturated heterocycles. The van der Waals surface area contributed by atoms with Crippen molar-refractivity contribution in [1.29, 1.82) is 0 Å². The molecule has 1 saturated carbocycles. The van der Waals surface area contributed by atoms with E-state index in [1.165, 1.54) is 64.6 Å². The van der Waals surface area contributed by atoms with Gasteiger partial charge in [-0.25, -0.2) is 0 Å². The maximum Gasteiger partial charge on any atom is 0.00953 e. The molecular weight excluding hydrogens is 208 g/mol. The zero-order valence-electron chi connectivity index (χ0n) is 11.8. The third-order valence-electron chi connectivity index (χ3n) is 4.65. The molecule has 100 valence electrons. The highest BCUT2D eigenvalue weighted by molar-refractivity contribution is 4.81. The first-order chi connectivity index (χ1) is 8.29. The van der Waals surface area contributed by atoms with Gasteiger partial charge in [-0.3, -0.25) is 0 Å². The molecule has 2 fully saturated rings. The van der Waals surface area contributed by atoms with Crippen molar-refractivity contribution in [2.24, 2.45) is 5.92 Å². The number of nitrogens with zero attached hydrogens (tertiary/aromatic N) is 1. The van der Waals surface area contributed by atoms with E-state index < -0.39 is 0 Å². The number of nitrogens with one attached hydrogen (secondary N) is 1. The van der Waals surface area contributed by atoms with Gasteiger partial charge in [0.05, 0.1) is 0 Å². The Morgan fingerprint density at radius 2 is 1.88 bits per heavy atom. The predicted molar refractivity (Wildman–Crippen MR) is 74.3 cm³/mol. The fourth-order valence-corrected chi connectivity index (χ4v) is 3.47. The van der Waals surface area contributed by atoms with Crippen LogP contribution in [0.25, 0.3) is 0 Å². The van der Waals surface area contributed by atoms with Gasteiger partial charge in [0.2, 0.25) is 0 Å². The Bertz CT molecular complexity index is 211. The SMILES string of the molecule is CCC1CCN(C2CCCCC2)CC(C)CN1. The Hall–Kier alpha value is -0.0800. The Kier molecular flexibility index (Phi) is 5.30. The first-order valence-corrected chi connectivity index (χ1v) is 7.77. The third-order valence-corrected chi connectivity index (χ3v) is 4.65. The van der Waals surface area contributed by atoms with E-state index in [9.17, 15) is 0 Å². The number of hydrogen-bond donors (Lipinski definition) is 1. The Morgan fingerprint density at radius 1 is 1.12 bits per heavy atom. The van der Waals surface area contributed by atoms with E-state index in [4.69, 9.17) is 0 Å². The van der Waals surface area contributed by atoms with E-state index in [-0.39, 0.29) is 0 Å². The van der Waals surface area contributed by atoms with E-state index in [1.807, 2.05) is 0 Å². The summed E-state index contributed by atoms with van der Waals surface area (Å²) >= 11 is 0. The molecule has 2 unspecified atom stereocenters. The second kappa shape index (κ2) is 6.75. The molecule has 1 heterocycles. The van der Waals surface area contributed by atoms with Gasteiger partial charge in [-0.15, -0.1) is 0 Å². The first kappa shape index (κ1) is 13.4. The van der Waals surface area contributed by atoms with Crippen molar-refractivity contribution in [3.05, 3.63) is 0 Å². The van der Waals surface area contributed by atoms with Crippen LogP contribution in [0.5, 0.6) is 0 Å². The number of rotatable bonds is 2. The molecule has 0 aromatic carbocycles. The molecule has 2 atom stereocenters. The summed E-state index contributed by atoms with van der Waals surface area (Å²) in [7, 11) is 0. The van der Waals surface area contributed by atoms with Crippen molar-refractivity contribution >= 4 is 0 Å². The topological polar surface area (TPSA) is 15.3 Å². The van der Waals surface area contributed by atoms with Crippen LogP contribution in [0.1, 0.15) is 58.8 Å². The van der Waals surface area contributed by atoms with Crippen molar-refractivity contribution < 1.29 is 0 Å². The second-order valence-electron chi connectivity index (χ2n) is 6.19. The predicted octanol–water partition coefficient (Wildman–Crippen LogP) is 3.03. The van der Waals surface area contributed by atoms with Gasteiger partial charge in [-0.1, -0.05) is 33.1 Å². The summed E-state index contributed by atoms with van der Waals surface area (Å²) in [6.07, 6.45) is 9.94. The molecule has 1 N–H and O–H groups in total. The van der Waals surface area contributed by atoms with Crippen molar-refractivity contribution in [3.8, 4) is 0 Å². The minimum Gasteiger partial charge on any atom is -0.314 e. The lowest BCUT2D eigenvalue weighted by Gasteiger charge is -2.39. The van der Waals surface area contributed by atoms with Gasteiger partial charge < -0.3 is 10.2 Å². The molecule has 1 aliphatic carbocycles. The molecule has 0 aromatic heterocycles. The van der Waals surface area contributed by atoms with Gasteiger partial charge in [0.15, 0.2) is 0 Å². The Labute approximate surface area is 107 Å². The van der Waals surface area contributed by atoms with Gasteiger partial charge in [-0.2, -0.15) is 0 Å². The van der Waals surface area contributed by atoms with Crippen LogP contribution in [0.3, 0.4) is 0 Å². The zero-order valence-corrected chi connectivity index (χ0v) is 11.8. The van der Waals surface area contributed by atoms with Gasteiger partial charge in [0.1, 0.15) is 0 Å². The molecule has 2 aliphatic rings. The summed E-state index contributed by atoms with van der Waals surface area (Å²) in [5.41, 5.74) is 0. The molecule has 2 nitrogen and oxygen atoms in total. The summed E-state index contributed by atoms with van der Waals surface area (Å²) in [6, 6.07) is 1.66. The van der Waals surface area contributed by atoms with Gasteiger partial charge >= 0.3 is 0 Å². The molecule has 2 rings (SSSR count). The van der Waals surface area contributed by atoms with Crippen molar-refractivity contribution in [2.45, 2.75) is 70.9 Å². The Morgan fingerprint density at radius 3 is 2.59 bits per heavy atom. The fraction of sp³-hybridized carbons (Fsp3) is 1.00. The molecule has 1 aliphatic heterocycles. The second-order valence-corrected chi connectivity index (χ2v) is 6.19. The largest absolute Gasteiger partial charge is 0.314 e. The summed E-state index contributed by atoms with van der Waals surface area (Å²) in [6.45, 7) is 8.56.